The van der Waals surface area contributed by atoms with Gasteiger partial charge >= 0.3 is 5.97 Å². The first kappa shape index (κ1) is 23.5. The predicted molar refractivity (Wildman–Crippen MR) is 135 cm³/mol. The van der Waals surface area contributed by atoms with Crippen LogP contribution in [0.15, 0.2) is 97.2 Å². The van der Waals surface area contributed by atoms with E-state index < -0.39 is 17.9 Å². The molecule has 0 aliphatic carbocycles. The van der Waals surface area contributed by atoms with Gasteiger partial charge in [0.2, 0.25) is 5.91 Å². The van der Waals surface area contributed by atoms with Crippen LogP contribution >= 0.6 is 0 Å². The number of ether oxygens (including phenoxy) is 1. The highest BCUT2D eigenvalue weighted by atomic mass is 16.5. The molecule has 1 amide bonds. The highest BCUT2D eigenvalue weighted by molar-refractivity contribution is 5.91. The smallest absolute Gasteiger partial charge is 0.328 e. The predicted octanol–water partition coefficient (Wildman–Crippen LogP) is 4.02. The first-order chi connectivity index (χ1) is 17.7. The summed E-state index contributed by atoms with van der Waals surface area (Å²) in [6, 6.07) is 28.6. The van der Waals surface area contributed by atoms with Gasteiger partial charge in [-0.15, -0.1) is 5.10 Å². The van der Waals surface area contributed by atoms with Crippen molar-refractivity contribution in [3.63, 3.8) is 0 Å². The number of hydrogen-bond donors (Lipinski definition) is 0. The Labute approximate surface area is 210 Å². The van der Waals surface area contributed by atoms with Gasteiger partial charge in [0.05, 0.1) is 31.0 Å². The monoisotopic (exact) mass is 480 g/mol. The van der Waals surface area contributed by atoms with Crippen LogP contribution in [0.5, 0.6) is 0 Å². The van der Waals surface area contributed by atoms with Crippen molar-refractivity contribution in [1.82, 2.24) is 19.9 Å². The molecular formula is C29H28N4O3. The highest BCUT2D eigenvalue weighted by Crippen LogP contribution is 2.34. The molecule has 0 saturated carbocycles. The number of aromatic nitrogens is 3. The third-order valence-electron chi connectivity index (χ3n) is 6.77. The molecule has 3 aromatic carbocycles. The van der Waals surface area contributed by atoms with E-state index in [4.69, 9.17) is 4.74 Å². The van der Waals surface area contributed by atoms with E-state index in [1.807, 2.05) is 83.5 Å². The van der Waals surface area contributed by atoms with Crippen molar-refractivity contribution in [2.45, 2.75) is 30.8 Å². The second-order valence-electron chi connectivity index (χ2n) is 9.01. The van der Waals surface area contributed by atoms with Crippen LogP contribution in [0, 0.1) is 0 Å². The molecule has 4 aromatic rings. The lowest BCUT2D eigenvalue weighted by Crippen LogP contribution is -2.43. The fraction of sp³-hybridized carbons (Fsp3) is 0.241. The maximum atomic E-state index is 14.1. The second kappa shape index (κ2) is 10.6. The summed E-state index contributed by atoms with van der Waals surface area (Å²) in [4.78, 5) is 28.7. The third kappa shape index (κ3) is 4.77. The minimum Gasteiger partial charge on any atom is -0.467 e. The SMILES string of the molecule is COC(=O)[C@@H]1C[C@H](n2nncc2Cc2ccccc2)CN1C(=O)C(c1ccccc1)c1ccccc1. The van der Waals surface area contributed by atoms with Crippen LogP contribution in [0.3, 0.4) is 0 Å². The number of methoxy groups -OCH3 is 1. The maximum absolute atomic E-state index is 14.1. The van der Waals surface area contributed by atoms with Crippen LogP contribution in [-0.2, 0) is 20.7 Å². The molecule has 1 saturated heterocycles. The van der Waals surface area contributed by atoms with E-state index in [-0.39, 0.29) is 11.9 Å². The van der Waals surface area contributed by atoms with Crippen molar-refractivity contribution in [3.8, 4) is 0 Å². The molecule has 1 fully saturated rings. The summed E-state index contributed by atoms with van der Waals surface area (Å²) in [7, 11) is 1.36. The summed E-state index contributed by atoms with van der Waals surface area (Å²) in [6.07, 6.45) is 2.83. The summed E-state index contributed by atoms with van der Waals surface area (Å²) in [5.74, 6) is -1.08. The van der Waals surface area contributed by atoms with Crippen molar-refractivity contribution in [2.75, 3.05) is 13.7 Å². The molecule has 1 aliphatic heterocycles. The van der Waals surface area contributed by atoms with Crippen LogP contribution in [0.4, 0.5) is 0 Å². The van der Waals surface area contributed by atoms with Crippen LogP contribution in [-0.4, -0.2) is 51.5 Å². The van der Waals surface area contributed by atoms with Crippen LogP contribution in [0.1, 0.15) is 40.8 Å². The lowest BCUT2D eigenvalue weighted by atomic mass is 9.90. The van der Waals surface area contributed by atoms with Crippen molar-refractivity contribution in [2.24, 2.45) is 0 Å². The van der Waals surface area contributed by atoms with Gasteiger partial charge in [-0.3, -0.25) is 4.79 Å². The van der Waals surface area contributed by atoms with E-state index in [9.17, 15) is 9.59 Å². The van der Waals surface area contributed by atoms with Crippen molar-refractivity contribution >= 4 is 11.9 Å². The van der Waals surface area contributed by atoms with E-state index in [2.05, 4.69) is 22.4 Å². The number of benzene rings is 3. The zero-order valence-electron chi connectivity index (χ0n) is 20.1. The van der Waals surface area contributed by atoms with Gasteiger partial charge in [0.15, 0.2) is 0 Å². The maximum Gasteiger partial charge on any atom is 0.328 e. The number of rotatable bonds is 7. The van der Waals surface area contributed by atoms with E-state index in [1.165, 1.54) is 7.11 Å². The number of likely N-dealkylation sites (tertiary alicyclic amines) is 1. The summed E-state index contributed by atoms with van der Waals surface area (Å²) in [5.41, 5.74) is 3.84. The van der Waals surface area contributed by atoms with E-state index in [0.29, 0.717) is 19.4 Å². The standard InChI is InChI=1S/C29H28N4O3/c1-36-29(35)26-18-25(33-24(19-30-31-33)17-21-11-5-2-6-12-21)20-32(26)28(34)27(22-13-7-3-8-14-22)23-15-9-4-10-16-23/h2-16,19,25-27H,17-18,20H2,1H3/t25-,26-/m0/s1. The molecule has 0 unspecified atom stereocenters. The molecule has 2 heterocycles. The largest absolute Gasteiger partial charge is 0.467 e. The normalized spacial score (nSPS) is 17.3. The number of carbonyl (C=O) groups is 2. The van der Waals surface area contributed by atoms with Gasteiger partial charge < -0.3 is 9.64 Å². The molecule has 2 atom stereocenters. The Morgan fingerprint density at radius 2 is 1.50 bits per heavy atom. The molecular weight excluding hydrogens is 452 g/mol. The molecule has 36 heavy (non-hydrogen) atoms. The highest BCUT2D eigenvalue weighted by Gasteiger charge is 2.44. The third-order valence-corrected chi connectivity index (χ3v) is 6.77. The van der Waals surface area contributed by atoms with Gasteiger partial charge in [0, 0.05) is 19.4 Å². The van der Waals surface area contributed by atoms with Gasteiger partial charge in [0.1, 0.15) is 6.04 Å². The zero-order valence-corrected chi connectivity index (χ0v) is 20.1. The lowest BCUT2D eigenvalue weighted by Gasteiger charge is -2.28. The van der Waals surface area contributed by atoms with Crippen molar-refractivity contribution < 1.29 is 14.3 Å². The zero-order chi connectivity index (χ0) is 24.9. The van der Waals surface area contributed by atoms with Crippen molar-refractivity contribution in [3.05, 3.63) is 120 Å². The lowest BCUT2D eigenvalue weighted by molar-refractivity contribution is -0.151. The van der Waals surface area contributed by atoms with Crippen LogP contribution in [0.25, 0.3) is 0 Å². The minimum absolute atomic E-state index is 0.130. The Morgan fingerprint density at radius 1 is 0.917 bits per heavy atom. The quantitative estimate of drug-likeness (QED) is 0.374. The summed E-state index contributed by atoms with van der Waals surface area (Å²) < 4.78 is 6.98. The number of amides is 1. The number of hydrogen-bond acceptors (Lipinski definition) is 5. The van der Waals surface area contributed by atoms with Gasteiger partial charge in [-0.1, -0.05) is 96.2 Å². The Balaban J connectivity index is 1.47. The minimum atomic E-state index is -0.698. The fourth-order valence-corrected chi connectivity index (χ4v) is 5.03. The van der Waals surface area contributed by atoms with E-state index in [1.54, 1.807) is 11.1 Å². The molecule has 5 rings (SSSR count). The van der Waals surface area contributed by atoms with E-state index >= 15 is 0 Å². The molecule has 7 nitrogen and oxygen atoms in total. The van der Waals surface area contributed by atoms with E-state index in [0.717, 1.165) is 22.4 Å². The first-order valence-corrected chi connectivity index (χ1v) is 12.1. The molecule has 7 heteroatoms. The summed E-state index contributed by atoms with van der Waals surface area (Å²) in [6.45, 7) is 0.347. The molecule has 0 N–H and O–H groups in total. The first-order valence-electron chi connectivity index (χ1n) is 12.1. The number of nitrogens with zero attached hydrogens (tertiary/aromatic N) is 4. The number of esters is 1. The molecule has 0 spiro atoms. The van der Waals surface area contributed by atoms with Gasteiger partial charge in [-0.05, 0) is 16.7 Å². The Morgan fingerprint density at radius 3 is 2.08 bits per heavy atom. The van der Waals surface area contributed by atoms with Crippen LogP contribution < -0.4 is 0 Å². The summed E-state index contributed by atoms with van der Waals surface area (Å²) in [5, 5.41) is 8.49. The molecule has 182 valence electrons. The van der Waals surface area contributed by atoms with Crippen molar-refractivity contribution in [1.29, 1.82) is 0 Å². The Kier molecular flexibility index (Phi) is 6.89. The van der Waals surface area contributed by atoms with Crippen LogP contribution in [0.2, 0.25) is 0 Å². The average molecular weight is 481 g/mol. The fourth-order valence-electron chi connectivity index (χ4n) is 5.03. The molecule has 0 bridgehead atoms. The Hall–Kier alpha value is -4.26. The molecule has 1 aliphatic rings. The van der Waals surface area contributed by atoms with Gasteiger partial charge in [-0.2, -0.15) is 0 Å². The average Bonchev–Trinajstić information content (AvgIpc) is 3.57. The molecule has 0 radical (unpaired) electrons. The topological polar surface area (TPSA) is 77.3 Å². The van der Waals surface area contributed by atoms with Gasteiger partial charge in [-0.25, -0.2) is 9.48 Å². The second-order valence-corrected chi connectivity index (χ2v) is 9.01. The Bertz CT molecular complexity index is 1270. The van der Waals surface area contributed by atoms with Gasteiger partial charge in [0.25, 0.3) is 0 Å². The molecule has 1 aromatic heterocycles. The summed E-state index contributed by atoms with van der Waals surface area (Å²) >= 11 is 0. The number of carbonyl (C=O) groups excluding carboxylic acids is 2.